The van der Waals surface area contributed by atoms with E-state index in [1.54, 1.807) is 0 Å². The lowest BCUT2D eigenvalue weighted by atomic mass is 9.98. The molecule has 0 atom stereocenters. The van der Waals surface area contributed by atoms with Crippen LogP contribution in [0.4, 0.5) is 0 Å². The largest absolute Gasteiger partial charge is 0.493 e. The van der Waals surface area contributed by atoms with Crippen LogP contribution in [0.25, 0.3) is 10.8 Å². The van der Waals surface area contributed by atoms with Gasteiger partial charge in [0, 0.05) is 5.39 Å². The Labute approximate surface area is 145 Å². The molecule has 0 bridgehead atoms. The van der Waals surface area contributed by atoms with Crippen molar-refractivity contribution in [1.29, 1.82) is 0 Å². The molecule has 0 N–H and O–H groups in total. The summed E-state index contributed by atoms with van der Waals surface area (Å²) in [4.78, 5) is 0. The number of rotatable bonds is 8. The maximum absolute atomic E-state index is 6.07. The van der Waals surface area contributed by atoms with E-state index in [9.17, 15) is 0 Å². The zero-order chi connectivity index (χ0) is 16.6. The lowest BCUT2D eigenvalue weighted by Gasteiger charge is -2.13. The Morgan fingerprint density at radius 2 is 1.46 bits per heavy atom. The minimum atomic E-state index is 0.808. The minimum absolute atomic E-state index is 0.808. The normalized spacial score (nSPS) is 10.9. The number of fused-ring (bicyclic) bond motifs is 1. The fourth-order valence-electron chi connectivity index (χ4n) is 3.14. The van der Waals surface area contributed by atoms with Crippen LogP contribution in [0.15, 0.2) is 66.7 Å². The maximum Gasteiger partial charge on any atom is 0.127 e. The lowest BCUT2D eigenvalue weighted by molar-refractivity contribution is 0.308. The van der Waals surface area contributed by atoms with Gasteiger partial charge in [0.1, 0.15) is 5.75 Å². The first-order valence-electron chi connectivity index (χ1n) is 9.06. The fourth-order valence-corrected chi connectivity index (χ4v) is 3.14. The molecule has 24 heavy (non-hydrogen) atoms. The van der Waals surface area contributed by atoms with Gasteiger partial charge in [0.25, 0.3) is 0 Å². The zero-order valence-corrected chi connectivity index (χ0v) is 14.5. The van der Waals surface area contributed by atoms with E-state index >= 15 is 0 Å². The predicted octanol–water partition coefficient (Wildman–Crippen LogP) is 6.39. The summed E-state index contributed by atoms with van der Waals surface area (Å²) in [7, 11) is 0. The summed E-state index contributed by atoms with van der Waals surface area (Å²) in [5.74, 6) is 1.01. The second kappa shape index (κ2) is 8.54. The van der Waals surface area contributed by atoms with Gasteiger partial charge in [-0.1, -0.05) is 86.8 Å². The molecule has 0 radical (unpaired) electrons. The van der Waals surface area contributed by atoms with Gasteiger partial charge in [-0.15, -0.1) is 0 Å². The molecule has 0 aromatic heterocycles. The maximum atomic E-state index is 6.07. The molecule has 0 amide bonds. The van der Waals surface area contributed by atoms with E-state index in [1.165, 1.54) is 41.2 Å². The summed E-state index contributed by atoms with van der Waals surface area (Å²) in [6.45, 7) is 3.04. The molecule has 3 aromatic rings. The Bertz CT molecular complexity index is 761. The molecule has 0 fully saturated rings. The topological polar surface area (TPSA) is 9.23 Å². The van der Waals surface area contributed by atoms with E-state index in [2.05, 4.69) is 73.7 Å². The van der Waals surface area contributed by atoms with Crippen molar-refractivity contribution in [3.8, 4) is 5.75 Å². The highest BCUT2D eigenvalue weighted by atomic mass is 16.5. The Kier molecular flexibility index (Phi) is 5.90. The first-order valence-corrected chi connectivity index (χ1v) is 9.06. The van der Waals surface area contributed by atoms with Crippen molar-refractivity contribution >= 4 is 10.8 Å². The van der Waals surface area contributed by atoms with E-state index in [0.717, 1.165) is 25.2 Å². The summed E-state index contributed by atoms with van der Waals surface area (Å²) in [6, 6.07) is 23.6. The van der Waals surface area contributed by atoms with Crippen molar-refractivity contribution in [2.24, 2.45) is 0 Å². The Balaban J connectivity index is 1.79. The predicted molar refractivity (Wildman–Crippen MR) is 103 cm³/mol. The summed E-state index contributed by atoms with van der Waals surface area (Å²) in [5, 5.41) is 2.52. The fraction of sp³-hybridized carbons (Fsp3) is 0.304. The summed E-state index contributed by atoms with van der Waals surface area (Å²) >= 11 is 0. The molecule has 1 heteroatoms. The third-order valence-electron chi connectivity index (χ3n) is 4.47. The number of hydrogen-bond donors (Lipinski definition) is 0. The number of ether oxygens (including phenoxy) is 1. The van der Waals surface area contributed by atoms with Crippen LogP contribution in [-0.4, -0.2) is 6.61 Å². The zero-order valence-electron chi connectivity index (χ0n) is 14.5. The Hall–Kier alpha value is -2.28. The van der Waals surface area contributed by atoms with Gasteiger partial charge in [-0.05, 0) is 35.4 Å². The van der Waals surface area contributed by atoms with Crippen LogP contribution in [0.3, 0.4) is 0 Å². The monoisotopic (exact) mass is 318 g/mol. The van der Waals surface area contributed by atoms with Crippen LogP contribution in [0, 0.1) is 0 Å². The van der Waals surface area contributed by atoms with E-state index in [4.69, 9.17) is 4.74 Å². The second-order valence-corrected chi connectivity index (χ2v) is 6.34. The minimum Gasteiger partial charge on any atom is -0.493 e. The number of unbranched alkanes of at least 4 members (excludes halogenated alkanes) is 3. The molecule has 1 nitrogen and oxygen atoms in total. The molecule has 0 aliphatic rings. The summed E-state index contributed by atoms with van der Waals surface area (Å²) in [6.07, 6.45) is 5.89. The van der Waals surface area contributed by atoms with Crippen molar-refractivity contribution in [3.05, 3.63) is 77.9 Å². The quantitative estimate of drug-likeness (QED) is 0.437. The second-order valence-electron chi connectivity index (χ2n) is 6.34. The highest BCUT2D eigenvalue weighted by Gasteiger charge is 2.07. The van der Waals surface area contributed by atoms with Crippen LogP contribution < -0.4 is 4.74 Å². The van der Waals surface area contributed by atoms with Crippen molar-refractivity contribution in [2.45, 2.75) is 39.0 Å². The van der Waals surface area contributed by atoms with Gasteiger partial charge < -0.3 is 4.74 Å². The molecular formula is C23H26O. The van der Waals surface area contributed by atoms with E-state index < -0.39 is 0 Å². The van der Waals surface area contributed by atoms with Crippen LogP contribution in [0.5, 0.6) is 5.75 Å². The summed E-state index contributed by atoms with van der Waals surface area (Å²) in [5.41, 5.74) is 2.70. The molecule has 0 aliphatic heterocycles. The molecule has 0 saturated heterocycles. The van der Waals surface area contributed by atoms with Crippen molar-refractivity contribution in [3.63, 3.8) is 0 Å². The highest BCUT2D eigenvalue weighted by Crippen LogP contribution is 2.30. The van der Waals surface area contributed by atoms with Crippen molar-refractivity contribution in [2.75, 3.05) is 6.61 Å². The average Bonchev–Trinajstić information content (AvgIpc) is 2.64. The summed E-state index contributed by atoms with van der Waals surface area (Å²) < 4.78 is 6.07. The number of hydrogen-bond acceptors (Lipinski definition) is 1. The van der Waals surface area contributed by atoms with Gasteiger partial charge in [-0.2, -0.15) is 0 Å². The van der Waals surface area contributed by atoms with Gasteiger partial charge in [0.15, 0.2) is 0 Å². The van der Waals surface area contributed by atoms with Crippen LogP contribution in [0.2, 0.25) is 0 Å². The molecule has 124 valence electrons. The molecule has 3 aromatic carbocycles. The van der Waals surface area contributed by atoms with Crippen LogP contribution in [-0.2, 0) is 6.42 Å². The van der Waals surface area contributed by atoms with E-state index in [0.29, 0.717) is 0 Å². The van der Waals surface area contributed by atoms with Gasteiger partial charge in [0.2, 0.25) is 0 Å². The van der Waals surface area contributed by atoms with Crippen LogP contribution >= 0.6 is 0 Å². The van der Waals surface area contributed by atoms with E-state index in [-0.39, 0.29) is 0 Å². The highest BCUT2D eigenvalue weighted by molar-refractivity contribution is 5.91. The van der Waals surface area contributed by atoms with Crippen LogP contribution in [0.1, 0.15) is 43.7 Å². The van der Waals surface area contributed by atoms with E-state index in [1.807, 2.05) is 0 Å². The first-order chi connectivity index (χ1) is 11.9. The molecule has 0 spiro atoms. The molecule has 0 unspecified atom stereocenters. The number of benzene rings is 3. The van der Waals surface area contributed by atoms with Gasteiger partial charge >= 0.3 is 0 Å². The Morgan fingerprint density at radius 3 is 2.25 bits per heavy atom. The molecule has 0 saturated carbocycles. The lowest BCUT2D eigenvalue weighted by Crippen LogP contribution is -1.99. The first kappa shape index (κ1) is 16.6. The molecule has 0 heterocycles. The standard InChI is InChI=1S/C23H26O/c1-2-3-4-10-17-24-23-16-15-20(18-19-11-6-5-7-12-19)21-13-8-9-14-22(21)23/h5-9,11-16H,2-4,10,17-18H2,1H3. The average molecular weight is 318 g/mol. The smallest absolute Gasteiger partial charge is 0.127 e. The third kappa shape index (κ3) is 4.17. The van der Waals surface area contributed by atoms with Crippen molar-refractivity contribution in [1.82, 2.24) is 0 Å². The van der Waals surface area contributed by atoms with Gasteiger partial charge in [0.05, 0.1) is 6.61 Å². The van der Waals surface area contributed by atoms with Crippen molar-refractivity contribution < 1.29 is 4.74 Å². The molecule has 3 rings (SSSR count). The molecular weight excluding hydrogens is 292 g/mol. The van der Waals surface area contributed by atoms with Gasteiger partial charge in [-0.3, -0.25) is 0 Å². The Morgan fingerprint density at radius 1 is 0.708 bits per heavy atom. The third-order valence-corrected chi connectivity index (χ3v) is 4.47. The SMILES string of the molecule is CCCCCCOc1ccc(Cc2ccccc2)c2ccccc12. The van der Waals surface area contributed by atoms with Gasteiger partial charge in [-0.25, -0.2) is 0 Å². The molecule has 0 aliphatic carbocycles.